The van der Waals surface area contributed by atoms with Gasteiger partial charge < -0.3 is 0 Å². The van der Waals surface area contributed by atoms with Crippen LogP contribution in [0.1, 0.15) is 114 Å². The van der Waals surface area contributed by atoms with Gasteiger partial charge in [-0.15, -0.1) is 0 Å². The first-order valence-corrected chi connectivity index (χ1v) is 16.2. The standard InChI is InChI=1S/C43H62/c1-11-12-22-37(4)26-16-30-41(8)34-20-35-43(10)32-18-28-39(6)24-14-13-23-38(5)27-17-31-42(9)33-19-29-40(7)25-15-21-36(2)3/h13-14,17-21,23-24,26-29,31-35H,11-12,15-16,22,25,30H2,1-10H3/b14-13+,27-17+,28-18+,33-19+,35-20+,37-26+,38-23+,39-24+,40-29+,41-34+,42-31+,43-32+. The van der Waals surface area contributed by atoms with Crippen LogP contribution in [0.25, 0.3) is 0 Å². The van der Waals surface area contributed by atoms with Crippen LogP contribution in [0, 0.1) is 0 Å². The van der Waals surface area contributed by atoms with Crippen molar-refractivity contribution in [2.24, 2.45) is 0 Å². The molecule has 0 aliphatic rings. The molecular weight excluding hydrogens is 516 g/mol. The smallest absolute Gasteiger partial charge is 0.0285 e. The third kappa shape index (κ3) is 27.2. The van der Waals surface area contributed by atoms with Crippen molar-refractivity contribution in [3.8, 4) is 0 Å². The van der Waals surface area contributed by atoms with E-state index in [1.165, 1.54) is 63.8 Å². The highest BCUT2D eigenvalue weighted by molar-refractivity contribution is 5.32. The van der Waals surface area contributed by atoms with Crippen molar-refractivity contribution in [3.05, 3.63) is 154 Å². The molecule has 0 radical (unpaired) electrons. The van der Waals surface area contributed by atoms with Gasteiger partial charge in [-0.05, 0) is 101 Å². The van der Waals surface area contributed by atoms with Crippen molar-refractivity contribution in [1.82, 2.24) is 0 Å². The highest BCUT2D eigenvalue weighted by atomic mass is 14.0. The molecule has 0 unspecified atom stereocenters. The van der Waals surface area contributed by atoms with Crippen molar-refractivity contribution >= 4 is 0 Å². The average Bonchev–Trinajstić information content (AvgIpc) is 2.94. The van der Waals surface area contributed by atoms with E-state index in [9.17, 15) is 0 Å². The Hall–Kier alpha value is -3.38. The van der Waals surface area contributed by atoms with Crippen molar-refractivity contribution in [2.75, 3.05) is 0 Å². The molecule has 0 aromatic carbocycles. The third-order valence-corrected chi connectivity index (χ3v) is 6.79. The molecule has 0 saturated carbocycles. The largest absolute Gasteiger partial charge is 0.0856 e. The lowest BCUT2D eigenvalue weighted by molar-refractivity contribution is 0.781. The van der Waals surface area contributed by atoms with E-state index in [-0.39, 0.29) is 0 Å². The first-order valence-electron chi connectivity index (χ1n) is 16.2. The molecule has 0 aliphatic heterocycles. The molecule has 0 fully saturated rings. The van der Waals surface area contributed by atoms with Crippen LogP contribution in [-0.4, -0.2) is 0 Å². The molecule has 0 aliphatic carbocycles. The molecule has 0 bridgehead atoms. The van der Waals surface area contributed by atoms with E-state index >= 15 is 0 Å². The maximum Gasteiger partial charge on any atom is -0.0285 e. The Labute approximate surface area is 267 Å². The molecule has 0 aromatic heterocycles. The topological polar surface area (TPSA) is 0 Å². The first kappa shape index (κ1) is 39.6. The van der Waals surface area contributed by atoms with Crippen LogP contribution in [0.4, 0.5) is 0 Å². The lowest BCUT2D eigenvalue weighted by Crippen LogP contribution is -1.80. The minimum atomic E-state index is 1.12. The Morgan fingerprint density at radius 1 is 0.395 bits per heavy atom. The average molecular weight is 579 g/mol. The molecule has 0 saturated heterocycles. The quantitative estimate of drug-likeness (QED) is 0.106. The van der Waals surface area contributed by atoms with Gasteiger partial charge in [0.15, 0.2) is 0 Å². The minimum absolute atomic E-state index is 1.12. The number of hydrogen-bond acceptors (Lipinski definition) is 0. The molecule has 43 heavy (non-hydrogen) atoms. The summed E-state index contributed by atoms with van der Waals surface area (Å²) in [5.41, 5.74) is 10.7. The van der Waals surface area contributed by atoms with Crippen LogP contribution in [0.3, 0.4) is 0 Å². The summed E-state index contributed by atoms with van der Waals surface area (Å²) in [6.07, 6.45) is 47.4. The van der Waals surface area contributed by atoms with Crippen LogP contribution >= 0.6 is 0 Å². The molecule has 0 nitrogen and oxygen atoms in total. The van der Waals surface area contributed by atoms with Crippen LogP contribution in [0.15, 0.2) is 154 Å². The maximum absolute atomic E-state index is 2.40. The SMILES string of the molecule is CCCC/C(C)=C/CC/C(C)=C/C=C/C(C)=C/C=C/C(C)=C/C=C/C=C(C)/C=C/C=C(C)/C=C/C=C(\C)CCC=C(C)C. The van der Waals surface area contributed by atoms with Gasteiger partial charge in [-0.1, -0.05) is 167 Å². The molecule has 0 rings (SSSR count). The number of unbranched alkanes of at least 4 members (excludes halogenated alkanes) is 1. The highest BCUT2D eigenvalue weighted by Gasteiger charge is 1.91. The number of allylic oxidation sites excluding steroid dienone is 26. The van der Waals surface area contributed by atoms with Gasteiger partial charge >= 0.3 is 0 Å². The summed E-state index contributed by atoms with van der Waals surface area (Å²) in [5.74, 6) is 0. The van der Waals surface area contributed by atoms with Gasteiger partial charge in [0.25, 0.3) is 0 Å². The summed E-state index contributed by atoms with van der Waals surface area (Å²) in [6.45, 7) is 21.8. The zero-order chi connectivity index (χ0) is 32.3. The predicted octanol–water partition coefficient (Wildman–Crippen LogP) is 14.1. The van der Waals surface area contributed by atoms with Crippen LogP contribution in [0.5, 0.6) is 0 Å². The Morgan fingerprint density at radius 2 is 0.767 bits per heavy atom. The monoisotopic (exact) mass is 578 g/mol. The second-order valence-electron chi connectivity index (χ2n) is 12.0. The third-order valence-electron chi connectivity index (χ3n) is 6.79. The molecule has 0 amide bonds. The molecular formula is C43H62. The summed E-state index contributed by atoms with van der Waals surface area (Å²) in [6, 6.07) is 0. The molecule has 0 spiro atoms. The van der Waals surface area contributed by atoms with Crippen molar-refractivity contribution in [1.29, 1.82) is 0 Å². The van der Waals surface area contributed by atoms with E-state index in [4.69, 9.17) is 0 Å². The van der Waals surface area contributed by atoms with Gasteiger partial charge in [-0.2, -0.15) is 0 Å². The van der Waals surface area contributed by atoms with E-state index in [0.29, 0.717) is 0 Å². The second kappa shape index (κ2) is 26.3. The zero-order valence-electron chi connectivity index (χ0n) is 29.3. The van der Waals surface area contributed by atoms with E-state index in [2.05, 4.69) is 179 Å². The summed E-state index contributed by atoms with van der Waals surface area (Å²) >= 11 is 0. The van der Waals surface area contributed by atoms with E-state index in [0.717, 1.165) is 25.7 Å². The zero-order valence-corrected chi connectivity index (χ0v) is 29.3. The molecule has 234 valence electrons. The van der Waals surface area contributed by atoms with Gasteiger partial charge in [0.05, 0.1) is 0 Å². The first-order chi connectivity index (χ1) is 20.5. The van der Waals surface area contributed by atoms with Crippen LogP contribution in [-0.2, 0) is 0 Å². The predicted molar refractivity (Wildman–Crippen MR) is 199 cm³/mol. The minimum Gasteiger partial charge on any atom is -0.0856 e. The van der Waals surface area contributed by atoms with Crippen molar-refractivity contribution in [3.63, 3.8) is 0 Å². The van der Waals surface area contributed by atoms with Gasteiger partial charge in [-0.25, -0.2) is 0 Å². The van der Waals surface area contributed by atoms with Crippen LogP contribution < -0.4 is 0 Å². The lowest BCUT2D eigenvalue weighted by Gasteiger charge is -2.00. The fraction of sp³-hybridized carbons (Fsp3) is 0.395. The summed E-state index contributed by atoms with van der Waals surface area (Å²) in [4.78, 5) is 0. The molecule has 0 heteroatoms. The van der Waals surface area contributed by atoms with Gasteiger partial charge in [0, 0.05) is 0 Å². The number of rotatable bonds is 19. The normalized spacial score (nSPS) is 15.4. The Balaban J connectivity index is 4.69. The van der Waals surface area contributed by atoms with Gasteiger partial charge in [0.2, 0.25) is 0 Å². The maximum atomic E-state index is 2.40. The summed E-state index contributed by atoms with van der Waals surface area (Å²) in [7, 11) is 0. The van der Waals surface area contributed by atoms with E-state index in [1.54, 1.807) is 0 Å². The Bertz CT molecular complexity index is 1190. The second-order valence-corrected chi connectivity index (χ2v) is 12.0. The lowest BCUT2D eigenvalue weighted by atomic mass is 10.1. The molecule has 0 aromatic rings. The fourth-order valence-electron chi connectivity index (χ4n) is 3.93. The van der Waals surface area contributed by atoms with Gasteiger partial charge in [-0.3, -0.25) is 0 Å². The van der Waals surface area contributed by atoms with Crippen molar-refractivity contribution in [2.45, 2.75) is 114 Å². The highest BCUT2D eigenvalue weighted by Crippen LogP contribution is 2.12. The van der Waals surface area contributed by atoms with Gasteiger partial charge in [0.1, 0.15) is 0 Å². The Kier molecular flexibility index (Phi) is 24.2. The molecule has 0 heterocycles. The Morgan fingerprint density at radius 3 is 1.16 bits per heavy atom. The van der Waals surface area contributed by atoms with E-state index < -0.39 is 0 Å². The van der Waals surface area contributed by atoms with Crippen LogP contribution in [0.2, 0.25) is 0 Å². The number of hydrogen-bond donors (Lipinski definition) is 0. The summed E-state index contributed by atoms with van der Waals surface area (Å²) in [5, 5.41) is 0. The van der Waals surface area contributed by atoms with E-state index in [1.807, 2.05) is 0 Å². The fourth-order valence-corrected chi connectivity index (χ4v) is 3.93. The molecule has 0 atom stereocenters. The summed E-state index contributed by atoms with van der Waals surface area (Å²) < 4.78 is 0. The molecule has 0 N–H and O–H groups in total. The van der Waals surface area contributed by atoms with Crippen molar-refractivity contribution < 1.29 is 0 Å².